The molecule has 0 fully saturated rings. The number of hydrogen-bond donors (Lipinski definition) is 1. The Bertz CT molecular complexity index is 842. The fraction of sp³-hybridized carbons (Fsp3) is 0.263. The van der Waals surface area contributed by atoms with Crippen LogP contribution in [0.15, 0.2) is 36.4 Å². The highest BCUT2D eigenvalue weighted by Crippen LogP contribution is 2.20. The number of nitrogens with one attached hydrogen (secondary N) is 1. The van der Waals surface area contributed by atoms with Crippen molar-refractivity contribution in [2.24, 2.45) is 0 Å². The van der Waals surface area contributed by atoms with E-state index in [1.165, 1.54) is 6.92 Å². The summed E-state index contributed by atoms with van der Waals surface area (Å²) in [4.78, 5) is 23.7. The quantitative estimate of drug-likeness (QED) is 0.586. The number of carbonyl (C=O) groups is 2. The molecule has 2 aromatic rings. The summed E-state index contributed by atoms with van der Waals surface area (Å²) in [5.41, 5.74) is 0.453. The van der Waals surface area contributed by atoms with Gasteiger partial charge in [-0.1, -0.05) is 12.1 Å². The third-order valence-electron chi connectivity index (χ3n) is 3.53. The average Bonchev–Trinajstić information content (AvgIpc) is 2.62. The summed E-state index contributed by atoms with van der Waals surface area (Å²) in [6.07, 6.45) is -1.37. The number of amides is 1. The fourth-order valence-electron chi connectivity index (χ4n) is 2.12. The van der Waals surface area contributed by atoms with Crippen LogP contribution in [0.2, 0.25) is 0 Å². The maximum atomic E-state index is 13.6. The van der Waals surface area contributed by atoms with Crippen LogP contribution in [0.5, 0.6) is 5.75 Å². The average molecular weight is 381 g/mol. The van der Waals surface area contributed by atoms with Crippen LogP contribution in [0.25, 0.3) is 0 Å². The maximum Gasteiger partial charge on any atom is 0.310 e. The Morgan fingerprint density at radius 1 is 1.11 bits per heavy atom. The first-order chi connectivity index (χ1) is 12.8. The summed E-state index contributed by atoms with van der Waals surface area (Å²) in [6.45, 7) is 3.22. The standard InChI is InChI=1S/C19H18F3NO4/c1-11-4-3-5-13(10-11)26-9-8-16(24)27-12(2)19(25)23-15-7-6-14(20)17(21)18(15)22/h3-7,10,12H,8-9H2,1-2H3,(H,23,25)/t12-/m1/s1. The molecule has 0 aliphatic heterocycles. The van der Waals surface area contributed by atoms with Crippen LogP contribution in [-0.2, 0) is 14.3 Å². The van der Waals surface area contributed by atoms with Crippen LogP contribution in [-0.4, -0.2) is 24.6 Å². The molecule has 144 valence electrons. The molecule has 1 amide bonds. The number of anilines is 1. The Morgan fingerprint density at radius 3 is 2.56 bits per heavy atom. The molecule has 1 N–H and O–H groups in total. The minimum Gasteiger partial charge on any atom is -0.493 e. The number of esters is 1. The molecule has 0 bridgehead atoms. The van der Waals surface area contributed by atoms with Crippen LogP contribution in [0, 0.1) is 24.4 Å². The third-order valence-corrected chi connectivity index (χ3v) is 3.53. The summed E-state index contributed by atoms with van der Waals surface area (Å²) in [6, 6.07) is 8.80. The molecule has 0 spiro atoms. The first-order valence-electron chi connectivity index (χ1n) is 8.11. The van der Waals surface area contributed by atoms with Crippen LogP contribution in [0.3, 0.4) is 0 Å². The number of aryl methyl sites for hydroxylation is 1. The Hall–Kier alpha value is -3.03. The lowest BCUT2D eigenvalue weighted by molar-refractivity contribution is -0.153. The van der Waals surface area contributed by atoms with Gasteiger partial charge in [0, 0.05) is 0 Å². The van der Waals surface area contributed by atoms with Crippen LogP contribution in [0.1, 0.15) is 18.9 Å². The second kappa shape index (κ2) is 9.07. The zero-order valence-electron chi connectivity index (χ0n) is 14.7. The Kier molecular flexibility index (Phi) is 6.81. The van der Waals surface area contributed by atoms with E-state index in [9.17, 15) is 22.8 Å². The number of rotatable bonds is 7. The van der Waals surface area contributed by atoms with Gasteiger partial charge < -0.3 is 14.8 Å². The fourth-order valence-corrected chi connectivity index (χ4v) is 2.12. The summed E-state index contributed by atoms with van der Waals surface area (Å²) in [7, 11) is 0. The number of hydrogen-bond acceptors (Lipinski definition) is 4. The van der Waals surface area contributed by atoms with Gasteiger partial charge in [0.1, 0.15) is 5.75 Å². The molecular formula is C19H18F3NO4. The van der Waals surface area contributed by atoms with Crippen molar-refractivity contribution >= 4 is 17.6 Å². The van der Waals surface area contributed by atoms with Crippen molar-refractivity contribution in [3.63, 3.8) is 0 Å². The van der Waals surface area contributed by atoms with E-state index in [2.05, 4.69) is 0 Å². The number of halogens is 3. The van der Waals surface area contributed by atoms with E-state index >= 15 is 0 Å². The maximum absolute atomic E-state index is 13.6. The molecule has 0 radical (unpaired) electrons. The minimum atomic E-state index is -1.70. The molecule has 2 aromatic carbocycles. The predicted octanol–water partition coefficient (Wildman–Crippen LogP) is 3.75. The van der Waals surface area contributed by atoms with E-state index in [-0.39, 0.29) is 13.0 Å². The van der Waals surface area contributed by atoms with Crippen molar-refractivity contribution in [2.75, 3.05) is 11.9 Å². The molecular weight excluding hydrogens is 363 g/mol. The van der Waals surface area contributed by atoms with E-state index in [0.717, 1.165) is 11.6 Å². The van der Waals surface area contributed by atoms with Gasteiger partial charge in [-0.15, -0.1) is 0 Å². The van der Waals surface area contributed by atoms with Crippen molar-refractivity contribution < 1.29 is 32.2 Å². The SMILES string of the molecule is Cc1cccc(OCCC(=O)O[C@H](C)C(=O)Nc2ccc(F)c(F)c2F)c1. The lowest BCUT2D eigenvalue weighted by atomic mass is 10.2. The predicted molar refractivity (Wildman–Crippen MR) is 91.8 cm³/mol. The van der Waals surface area contributed by atoms with Gasteiger partial charge in [0.2, 0.25) is 0 Å². The van der Waals surface area contributed by atoms with E-state index in [4.69, 9.17) is 9.47 Å². The zero-order valence-corrected chi connectivity index (χ0v) is 14.7. The van der Waals surface area contributed by atoms with Crippen molar-refractivity contribution in [1.29, 1.82) is 0 Å². The Labute approximate surface area is 154 Å². The molecule has 5 nitrogen and oxygen atoms in total. The first-order valence-corrected chi connectivity index (χ1v) is 8.11. The number of benzene rings is 2. The minimum absolute atomic E-state index is 0.0500. The summed E-state index contributed by atoms with van der Waals surface area (Å²) in [5, 5.41) is 2.04. The molecule has 1 atom stereocenters. The Balaban J connectivity index is 1.81. The largest absolute Gasteiger partial charge is 0.493 e. The molecule has 0 unspecified atom stereocenters. The summed E-state index contributed by atoms with van der Waals surface area (Å²) >= 11 is 0. The highest BCUT2D eigenvalue weighted by Gasteiger charge is 2.21. The molecule has 0 aliphatic rings. The van der Waals surface area contributed by atoms with Gasteiger partial charge in [-0.25, -0.2) is 13.2 Å². The van der Waals surface area contributed by atoms with E-state index < -0.39 is 41.1 Å². The molecule has 0 aromatic heterocycles. The topological polar surface area (TPSA) is 64.6 Å². The van der Waals surface area contributed by atoms with Gasteiger partial charge in [0.25, 0.3) is 5.91 Å². The van der Waals surface area contributed by atoms with Gasteiger partial charge in [0.15, 0.2) is 23.6 Å². The smallest absolute Gasteiger partial charge is 0.310 e. The van der Waals surface area contributed by atoms with E-state index in [1.54, 1.807) is 12.1 Å². The van der Waals surface area contributed by atoms with Crippen LogP contribution in [0.4, 0.5) is 18.9 Å². The second-order valence-corrected chi connectivity index (χ2v) is 5.76. The van der Waals surface area contributed by atoms with Gasteiger partial charge in [-0.3, -0.25) is 9.59 Å². The number of ether oxygens (including phenoxy) is 2. The molecule has 0 aliphatic carbocycles. The molecule has 0 heterocycles. The normalized spacial score (nSPS) is 11.6. The monoisotopic (exact) mass is 381 g/mol. The lowest BCUT2D eigenvalue weighted by Gasteiger charge is -2.14. The summed E-state index contributed by atoms with van der Waals surface area (Å²) in [5.74, 6) is -5.59. The van der Waals surface area contributed by atoms with Gasteiger partial charge in [-0.05, 0) is 43.7 Å². The highest BCUT2D eigenvalue weighted by molar-refractivity contribution is 5.95. The van der Waals surface area contributed by atoms with Gasteiger partial charge in [-0.2, -0.15) is 0 Å². The Morgan fingerprint density at radius 2 is 1.85 bits per heavy atom. The second-order valence-electron chi connectivity index (χ2n) is 5.76. The first kappa shape index (κ1) is 20.3. The van der Waals surface area contributed by atoms with E-state index in [0.29, 0.717) is 11.8 Å². The molecule has 0 saturated heterocycles. The van der Waals surface area contributed by atoms with Gasteiger partial charge >= 0.3 is 5.97 Å². The van der Waals surface area contributed by atoms with Crippen molar-refractivity contribution in [2.45, 2.75) is 26.4 Å². The molecule has 0 saturated carbocycles. The third kappa shape index (κ3) is 5.73. The van der Waals surface area contributed by atoms with Crippen LogP contribution < -0.4 is 10.1 Å². The highest BCUT2D eigenvalue weighted by atomic mass is 19.2. The van der Waals surface area contributed by atoms with Crippen molar-refractivity contribution in [3.05, 3.63) is 59.4 Å². The zero-order chi connectivity index (χ0) is 20.0. The lowest BCUT2D eigenvalue weighted by Crippen LogP contribution is -2.30. The van der Waals surface area contributed by atoms with Crippen molar-refractivity contribution in [3.8, 4) is 5.75 Å². The van der Waals surface area contributed by atoms with E-state index in [1.807, 2.05) is 24.4 Å². The molecule has 27 heavy (non-hydrogen) atoms. The van der Waals surface area contributed by atoms with Gasteiger partial charge in [0.05, 0.1) is 18.7 Å². The number of carbonyl (C=O) groups excluding carboxylic acids is 2. The molecule has 2 rings (SSSR count). The molecule has 8 heteroatoms. The van der Waals surface area contributed by atoms with Crippen molar-refractivity contribution in [1.82, 2.24) is 0 Å². The van der Waals surface area contributed by atoms with Crippen LogP contribution >= 0.6 is 0 Å². The summed E-state index contributed by atoms with van der Waals surface area (Å²) < 4.78 is 49.9.